The highest BCUT2D eigenvalue weighted by Crippen LogP contribution is 2.29. The number of carboxylic acids is 1. The molecule has 0 aliphatic carbocycles. The molecule has 0 spiro atoms. The smallest absolute Gasteiger partial charge is 0.338 e. The highest BCUT2D eigenvalue weighted by Gasteiger charge is 2.18. The van der Waals surface area contributed by atoms with Crippen LogP contribution < -0.4 is 0 Å². The molecule has 2 rings (SSSR count). The van der Waals surface area contributed by atoms with Crippen LogP contribution in [0.1, 0.15) is 21.6 Å². The first kappa shape index (κ1) is 11.0. The van der Waals surface area contributed by atoms with Crippen molar-refractivity contribution in [3.63, 3.8) is 0 Å². The maximum atomic E-state index is 11.2. The molecule has 0 aliphatic rings. The Morgan fingerprint density at radius 3 is 2.56 bits per heavy atom. The summed E-state index contributed by atoms with van der Waals surface area (Å²) in [5, 5.41) is 10.5. The van der Waals surface area contributed by atoms with Crippen molar-refractivity contribution in [1.82, 2.24) is 4.57 Å². The van der Waals surface area contributed by atoms with Gasteiger partial charge in [0.15, 0.2) is 0 Å². The number of carboxylic acid groups (broad SMARTS) is 1. The molecule has 0 fully saturated rings. The van der Waals surface area contributed by atoms with Gasteiger partial charge in [0.1, 0.15) is 0 Å². The van der Waals surface area contributed by atoms with Gasteiger partial charge in [0.2, 0.25) is 0 Å². The summed E-state index contributed by atoms with van der Waals surface area (Å²) in [5.41, 5.74) is 2.92. The first-order chi connectivity index (χ1) is 7.43. The van der Waals surface area contributed by atoms with E-state index in [2.05, 4.69) is 0 Å². The first-order valence-corrected chi connectivity index (χ1v) is 5.29. The number of fused-ring (bicyclic) bond motifs is 1. The molecular formula is C12H12ClNO2. The maximum Gasteiger partial charge on any atom is 0.338 e. The zero-order valence-corrected chi connectivity index (χ0v) is 10.1. The highest BCUT2D eigenvalue weighted by atomic mass is 35.5. The normalized spacial score (nSPS) is 11.0. The zero-order valence-electron chi connectivity index (χ0n) is 9.34. The van der Waals surface area contributed by atoms with Crippen molar-refractivity contribution in [1.29, 1.82) is 0 Å². The van der Waals surface area contributed by atoms with E-state index in [1.165, 1.54) is 0 Å². The van der Waals surface area contributed by atoms with Gasteiger partial charge in [-0.2, -0.15) is 0 Å². The number of hydrogen-bond acceptors (Lipinski definition) is 1. The Morgan fingerprint density at radius 2 is 2.00 bits per heavy atom. The van der Waals surface area contributed by atoms with Crippen LogP contribution in [0.5, 0.6) is 0 Å². The minimum atomic E-state index is -0.914. The molecule has 84 valence electrons. The third-order valence-electron chi connectivity index (χ3n) is 2.99. The largest absolute Gasteiger partial charge is 0.478 e. The Morgan fingerprint density at radius 1 is 1.38 bits per heavy atom. The van der Waals surface area contributed by atoms with E-state index in [9.17, 15) is 9.90 Å². The molecular weight excluding hydrogens is 226 g/mol. The minimum absolute atomic E-state index is 0.333. The maximum absolute atomic E-state index is 11.2. The lowest BCUT2D eigenvalue weighted by Gasteiger charge is -2.01. The van der Waals surface area contributed by atoms with Crippen molar-refractivity contribution in [3.8, 4) is 0 Å². The number of carbonyl (C=O) groups is 1. The van der Waals surface area contributed by atoms with Crippen LogP contribution in [0.3, 0.4) is 0 Å². The molecule has 1 heterocycles. The summed E-state index contributed by atoms with van der Waals surface area (Å²) in [6.07, 6.45) is 0. The van der Waals surface area contributed by atoms with Gasteiger partial charge < -0.3 is 9.67 Å². The molecule has 4 heteroatoms. The van der Waals surface area contributed by atoms with Crippen LogP contribution in [0, 0.1) is 13.8 Å². The molecule has 2 aromatic rings. The lowest BCUT2D eigenvalue weighted by atomic mass is 10.1. The van der Waals surface area contributed by atoms with E-state index in [-0.39, 0.29) is 0 Å². The summed E-state index contributed by atoms with van der Waals surface area (Å²) in [6, 6.07) is 3.64. The second kappa shape index (κ2) is 3.52. The van der Waals surface area contributed by atoms with E-state index in [0.29, 0.717) is 16.0 Å². The summed E-state index contributed by atoms with van der Waals surface area (Å²) in [6.45, 7) is 3.71. The Kier molecular flexibility index (Phi) is 2.43. The van der Waals surface area contributed by atoms with Gasteiger partial charge >= 0.3 is 5.97 Å². The Hall–Kier alpha value is -1.48. The number of benzene rings is 1. The molecule has 3 nitrogen and oxygen atoms in total. The van der Waals surface area contributed by atoms with E-state index >= 15 is 0 Å². The van der Waals surface area contributed by atoms with Crippen molar-refractivity contribution < 1.29 is 9.90 Å². The van der Waals surface area contributed by atoms with Crippen LogP contribution >= 0.6 is 11.6 Å². The van der Waals surface area contributed by atoms with Gasteiger partial charge in [0.25, 0.3) is 0 Å². The fourth-order valence-corrected chi connectivity index (χ4v) is 2.12. The number of aryl methyl sites for hydroxylation is 2. The van der Waals surface area contributed by atoms with Gasteiger partial charge in [-0.25, -0.2) is 4.79 Å². The average molecular weight is 238 g/mol. The first-order valence-electron chi connectivity index (χ1n) is 4.92. The Balaban J connectivity index is 2.97. The SMILES string of the molecule is Cc1cc2c(cc1Cl)c(C(=O)O)c(C)n2C. The number of hydrogen-bond donors (Lipinski definition) is 1. The second-order valence-electron chi connectivity index (χ2n) is 3.94. The molecule has 0 aliphatic heterocycles. The van der Waals surface area contributed by atoms with Crippen molar-refractivity contribution in [3.05, 3.63) is 34.0 Å². The van der Waals surface area contributed by atoms with Crippen LogP contribution in [0.25, 0.3) is 10.9 Å². The average Bonchev–Trinajstić information content (AvgIpc) is 2.42. The fraction of sp³-hybridized carbons (Fsp3) is 0.250. The predicted octanol–water partition coefficient (Wildman–Crippen LogP) is 3.15. The number of rotatable bonds is 1. The van der Waals surface area contributed by atoms with Crippen LogP contribution in [-0.4, -0.2) is 15.6 Å². The molecule has 0 bridgehead atoms. The topological polar surface area (TPSA) is 42.2 Å². The highest BCUT2D eigenvalue weighted by molar-refractivity contribution is 6.32. The number of nitrogens with zero attached hydrogens (tertiary/aromatic N) is 1. The van der Waals surface area contributed by atoms with Crippen molar-refractivity contribution in [2.24, 2.45) is 7.05 Å². The third kappa shape index (κ3) is 1.39. The molecule has 0 unspecified atom stereocenters. The molecule has 1 aromatic heterocycles. The van der Waals surface area contributed by atoms with E-state index in [4.69, 9.17) is 11.6 Å². The summed E-state index contributed by atoms with van der Waals surface area (Å²) >= 11 is 6.02. The van der Waals surface area contributed by atoms with Crippen LogP contribution in [0.2, 0.25) is 5.02 Å². The molecule has 0 saturated carbocycles. The summed E-state index contributed by atoms with van der Waals surface area (Å²) in [7, 11) is 1.86. The molecule has 1 N–H and O–H groups in total. The van der Waals surface area contributed by atoms with E-state index in [1.54, 1.807) is 13.0 Å². The molecule has 0 atom stereocenters. The lowest BCUT2D eigenvalue weighted by molar-refractivity contribution is 0.0698. The molecule has 16 heavy (non-hydrogen) atoms. The molecule has 0 saturated heterocycles. The van der Waals surface area contributed by atoms with Gasteiger partial charge in [-0.1, -0.05) is 11.6 Å². The Labute approximate surface area is 98.3 Å². The van der Waals surface area contributed by atoms with Crippen molar-refractivity contribution in [2.75, 3.05) is 0 Å². The monoisotopic (exact) mass is 237 g/mol. The van der Waals surface area contributed by atoms with Gasteiger partial charge in [-0.3, -0.25) is 0 Å². The number of aromatic carboxylic acids is 1. The van der Waals surface area contributed by atoms with E-state index in [0.717, 1.165) is 16.8 Å². The van der Waals surface area contributed by atoms with Crippen LogP contribution in [-0.2, 0) is 7.05 Å². The quantitative estimate of drug-likeness (QED) is 0.828. The fourth-order valence-electron chi connectivity index (χ4n) is 1.96. The molecule has 1 aromatic carbocycles. The lowest BCUT2D eigenvalue weighted by Crippen LogP contribution is -1.99. The summed E-state index contributed by atoms with van der Waals surface area (Å²) < 4.78 is 1.88. The Bertz CT molecular complexity index is 599. The van der Waals surface area contributed by atoms with Crippen LogP contribution in [0.15, 0.2) is 12.1 Å². The van der Waals surface area contributed by atoms with Crippen LogP contribution in [0.4, 0.5) is 0 Å². The van der Waals surface area contributed by atoms with E-state index < -0.39 is 5.97 Å². The van der Waals surface area contributed by atoms with E-state index in [1.807, 2.05) is 24.6 Å². The summed E-state index contributed by atoms with van der Waals surface area (Å²) in [5.74, 6) is -0.914. The van der Waals surface area contributed by atoms with Crippen molar-refractivity contribution >= 4 is 28.5 Å². The molecule has 0 amide bonds. The number of aromatic nitrogens is 1. The summed E-state index contributed by atoms with van der Waals surface area (Å²) in [4.78, 5) is 11.2. The molecule has 0 radical (unpaired) electrons. The van der Waals surface area contributed by atoms with Gasteiger partial charge in [-0.15, -0.1) is 0 Å². The van der Waals surface area contributed by atoms with Gasteiger partial charge in [-0.05, 0) is 31.5 Å². The second-order valence-corrected chi connectivity index (χ2v) is 4.35. The standard InChI is InChI=1S/C12H12ClNO2/c1-6-4-10-8(5-9(6)13)11(12(15)16)7(2)14(10)3/h4-5H,1-3H3,(H,15,16). The minimum Gasteiger partial charge on any atom is -0.478 e. The number of halogens is 1. The third-order valence-corrected chi connectivity index (χ3v) is 3.39. The van der Waals surface area contributed by atoms with Gasteiger partial charge in [0.05, 0.1) is 5.56 Å². The van der Waals surface area contributed by atoms with Gasteiger partial charge in [0, 0.05) is 28.7 Å². The zero-order chi connectivity index (χ0) is 12.0. The predicted molar refractivity (Wildman–Crippen MR) is 64.4 cm³/mol. The van der Waals surface area contributed by atoms with Crippen molar-refractivity contribution in [2.45, 2.75) is 13.8 Å².